The van der Waals surface area contributed by atoms with Crippen molar-refractivity contribution in [3.8, 4) is 0 Å². The molecule has 17 heavy (non-hydrogen) atoms. The van der Waals surface area contributed by atoms with Gasteiger partial charge in [-0.1, -0.05) is 48.5 Å². The van der Waals surface area contributed by atoms with E-state index in [2.05, 4.69) is 0 Å². The Hall–Kier alpha value is -0.530. The van der Waals surface area contributed by atoms with E-state index in [1.807, 2.05) is 18.2 Å². The summed E-state index contributed by atoms with van der Waals surface area (Å²) in [6.07, 6.45) is 7.41. The number of benzene rings is 1. The lowest BCUT2D eigenvalue weighted by atomic mass is 9.68. The molecule has 1 aromatic rings. The summed E-state index contributed by atoms with van der Waals surface area (Å²) in [6, 6.07) is 5.78. The Morgan fingerprint density at radius 3 is 2.41 bits per heavy atom. The molecule has 0 aliphatic heterocycles. The fourth-order valence-electron chi connectivity index (χ4n) is 2.82. The summed E-state index contributed by atoms with van der Waals surface area (Å²) in [5.41, 5.74) is 1.16. The summed E-state index contributed by atoms with van der Waals surface area (Å²) >= 11 is 12.0. The van der Waals surface area contributed by atoms with Crippen molar-refractivity contribution in [2.45, 2.75) is 43.9 Å². The van der Waals surface area contributed by atoms with Crippen LogP contribution in [0.15, 0.2) is 18.2 Å². The maximum atomic E-state index is 10.9. The fourth-order valence-corrected chi connectivity index (χ4v) is 3.12. The summed E-state index contributed by atoms with van der Waals surface area (Å²) < 4.78 is 0. The average molecular weight is 271 g/mol. The van der Waals surface area contributed by atoms with Crippen molar-refractivity contribution in [1.82, 2.24) is 0 Å². The summed E-state index contributed by atoms with van der Waals surface area (Å²) in [5, 5.41) is 1.16. The van der Waals surface area contributed by atoms with Crippen LogP contribution in [-0.4, -0.2) is 6.29 Å². The minimum absolute atomic E-state index is 0.00573. The molecule has 0 unspecified atom stereocenters. The number of carbonyl (C=O) groups is 1. The first kappa shape index (κ1) is 12.9. The van der Waals surface area contributed by atoms with E-state index in [-0.39, 0.29) is 5.41 Å². The first-order chi connectivity index (χ1) is 8.18. The van der Waals surface area contributed by atoms with Crippen LogP contribution in [0.4, 0.5) is 0 Å². The molecule has 0 N–H and O–H groups in total. The van der Waals surface area contributed by atoms with Crippen LogP contribution < -0.4 is 0 Å². The van der Waals surface area contributed by atoms with E-state index in [1.165, 1.54) is 24.8 Å². The van der Waals surface area contributed by atoms with Gasteiger partial charge < -0.3 is 4.79 Å². The minimum Gasteiger partial charge on any atom is -0.303 e. The zero-order valence-electron chi connectivity index (χ0n) is 9.72. The number of hydrogen-bond acceptors (Lipinski definition) is 1. The Labute approximate surface area is 112 Å². The van der Waals surface area contributed by atoms with E-state index in [9.17, 15) is 4.79 Å². The minimum atomic E-state index is -0.00573. The van der Waals surface area contributed by atoms with Gasteiger partial charge >= 0.3 is 0 Å². The van der Waals surface area contributed by atoms with Gasteiger partial charge in [0.2, 0.25) is 0 Å². The lowest BCUT2D eigenvalue weighted by Gasteiger charge is -2.36. The van der Waals surface area contributed by atoms with Gasteiger partial charge in [0, 0.05) is 11.8 Å². The van der Waals surface area contributed by atoms with Crippen LogP contribution in [0.5, 0.6) is 0 Å². The lowest BCUT2D eigenvalue weighted by molar-refractivity contribution is -0.109. The normalized spacial score (nSPS) is 18.9. The highest BCUT2D eigenvalue weighted by atomic mass is 35.5. The topological polar surface area (TPSA) is 17.1 Å². The largest absolute Gasteiger partial charge is 0.303 e. The Morgan fingerprint density at radius 2 is 1.82 bits per heavy atom. The van der Waals surface area contributed by atoms with Crippen LogP contribution in [0.3, 0.4) is 0 Å². The number of aldehydes is 1. The van der Waals surface area contributed by atoms with Crippen molar-refractivity contribution in [1.29, 1.82) is 0 Å². The molecule has 0 bridgehead atoms. The van der Waals surface area contributed by atoms with Crippen molar-refractivity contribution in [2.75, 3.05) is 0 Å². The maximum Gasteiger partial charge on any atom is 0.120 e. The quantitative estimate of drug-likeness (QED) is 0.723. The monoisotopic (exact) mass is 270 g/mol. The second kappa shape index (κ2) is 5.41. The van der Waals surface area contributed by atoms with Crippen LogP contribution in [0.1, 0.15) is 44.1 Å². The molecule has 0 radical (unpaired) electrons. The maximum absolute atomic E-state index is 10.9. The van der Waals surface area contributed by atoms with Gasteiger partial charge in [-0.2, -0.15) is 0 Å². The van der Waals surface area contributed by atoms with Gasteiger partial charge in [-0.15, -0.1) is 0 Å². The molecule has 1 saturated carbocycles. The van der Waals surface area contributed by atoms with Crippen LogP contribution in [-0.2, 0) is 10.2 Å². The summed E-state index contributed by atoms with van der Waals surface area (Å²) in [5.74, 6) is 0. The van der Waals surface area contributed by atoms with E-state index in [0.717, 1.165) is 19.1 Å². The third-order valence-electron chi connectivity index (χ3n) is 3.82. The first-order valence-electron chi connectivity index (χ1n) is 6.07. The third kappa shape index (κ3) is 2.66. The van der Waals surface area contributed by atoms with Gasteiger partial charge in [0.15, 0.2) is 0 Å². The Bertz CT molecular complexity index is 409. The third-order valence-corrected chi connectivity index (χ3v) is 4.56. The molecular weight excluding hydrogens is 255 g/mol. The second-order valence-corrected chi connectivity index (χ2v) is 5.66. The standard InChI is InChI=1S/C14H16Cl2O/c15-12-5-4-11(10-13(12)16)14(8-9-17)6-2-1-3-7-14/h4-5,9-10H,1-3,6-8H2. The molecule has 1 nitrogen and oxygen atoms in total. The van der Waals surface area contributed by atoms with Crippen molar-refractivity contribution >= 4 is 29.5 Å². The number of rotatable bonds is 3. The lowest BCUT2D eigenvalue weighted by Crippen LogP contribution is -2.29. The Morgan fingerprint density at radius 1 is 1.12 bits per heavy atom. The van der Waals surface area contributed by atoms with Gasteiger partial charge in [-0.05, 0) is 30.5 Å². The molecule has 0 atom stereocenters. The molecule has 1 aliphatic rings. The Balaban J connectivity index is 2.37. The molecule has 0 aromatic heterocycles. The SMILES string of the molecule is O=CCC1(c2ccc(Cl)c(Cl)c2)CCCCC1. The van der Waals surface area contributed by atoms with Gasteiger partial charge in [-0.3, -0.25) is 0 Å². The number of hydrogen-bond donors (Lipinski definition) is 0. The van der Waals surface area contributed by atoms with Crippen LogP contribution >= 0.6 is 23.2 Å². The zero-order chi connectivity index (χ0) is 12.3. The molecule has 0 amide bonds. The van der Waals surface area contributed by atoms with Gasteiger partial charge in [0.05, 0.1) is 10.0 Å². The molecule has 2 rings (SSSR count). The fraction of sp³-hybridized carbons (Fsp3) is 0.500. The summed E-state index contributed by atoms with van der Waals surface area (Å²) in [6.45, 7) is 0. The van der Waals surface area contributed by atoms with Crippen molar-refractivity contribution in [3.63, 3.8) is 0 Å². The predicted molar refractivity (Wildman–Crippen MR) is 71.9 cm³/mol. The van der Waals surface area contributed by atoms with E-state index in [0.29, 0.717) is 16.5 Å². The first-order valence-corrected chi connectivity index (χ1v) is 6.83. The van der Waals surface area contributed by atoms with Gasteiger partial charge in [-0.25, -0.2) is 0 Å². The van der Waals surface area contributed by atoms with E-state index in [1.54, 1.807) is 0 Å². The highest BCUT2D eigenvalue weighted by Gasteiger charge is 2.33. The van der Waals surface area contributed by atoms with E-state index >= 15 is 0 Å². The highest BCUT2D eigenvalue weighted by molar-refractivity contribution is 6.42. The van der Waals surface area contributed by atoms with E-state index in [4.69, 9.17) is 23.2 Å². The summed E-state index contributed by atoms with van der Waals surface area (Å²) in [7, 11) is 0. The highest BCUT2D eigenvalue weighted by Crippen LogP contribution is 2.43. The molecular formula is C14H16Cl2O. The van der Waals surface area contributed by atoms with Gasteiger partial charge in [0.25, 0.3) is 0 Å². The smallest absolute Gasteiger partial charge is 0.120 e. The molecule has 1 aromatic carbocycles. The van der Waals surface area contributed by atoms with E-state index < -0.39 is 0 Å². The number of carbonyl (C=O) groups excluding carboxylic acids is 1. The Kier molecular flexibility index (Phi) is 4.11. The van der Waals surface area contributed by atoms with Crippen LogP contribution in [0.2, 0.25) is 10.0 Å². The molecule has 0 heterocycles. The van der Waals surface area contributed by atoms with Crippen molar-refractivity contribution in [2.24, 2.45) is 0 Å². The predicted octanol–water partition coefficient (Wildman–Crippen LogP) is 4.78. The molecule has 92 valence electrons. The van der Waals surface area contributed by atoms with Crippen molar-refractivity contribution in [3.05, 3.63) is 33.8 Å². The molecule has 1 fully saturated rings. The molecule has 0 spiro atoms. The molecule has 0 saturated heterocycles. The number of halogens is 2. The van der Waals surface area contributed by atoms with Crippen LogP contribution in [0, 0.1) is 0 Å². The second-order valence-electron chi connectivity index (χ2n) is 4.84. The van der Waals surface area contributed by atoms with Crippen molar-refractivity contribution < 1.29 is 4.79 Å². The average Bonchev–Trinajstić information content (AvgIpc) is 2.34. The summed E-state index contributed by atoms with van der Waals surface area (Å²) in [4.78, 5) is 10.9. The van der Waals surface area contributed by atoms with Gasteiger partial charge in [0.1, 0.15) is 6.29 Å². The van der Waals surface area contributed by atoms with Crippen LogP contribution in [0.25, 0.3) is 0 Å². The molecule has 1 aliphatic carbocycles. The zero-order valence-corrected chi connectivity index (χ0v) is 11.2. The molecule has 3 heteroatoms.